The van der Waals surface area contributed by atoms with Crippen LogP contribution in [0.4, 0.5) is 0 Å². The molecule has 0 aliphatic rings. The fourth-order valence-electron chi connectivity index (χ4n) is 1.42. The van der Waals surface area contributed by atoms with Crippen molar-refractivity contribution in [3.05, 3.63) is 34.9 Å². The van der Waals surface area contributed by atoms with Crippen LogP contribution in [0.25, 0.3) is 0 Å². The summed E-state index contributed by atoms with van der Waals surface area (Å²) in [7, 11) is 0. The first-order chi connectivity index (χ1) is 7.78. The standard InChI is InChI=1S/C13H18ClNO2/c1-13(2,3)17-12(16)8-11(15)9-5-4-6-10(14)7-9/h4-7,11H,8,15H2,1-3H3/t11-/m1/s1. The number of carbonyl (C=O) groups is 1. The van der Waals surface area contributed by atoms with E-state index in [0.717, 1.165) is 5.56 Å². The van der Waals surface area contributed by atoms with Gasteiger partial charge in [0.15, 0.2) is 0 Å². The summed E-state index contributed by atoms with van der Waals surface area (Å²) < 4.78 is 5.21. The maximum absolute atomic E-state index is 11.6. The lowest BCUT2D eigenvalue weighted by Crippen LogP contribution is -2.26. The van der Waals surface area contributed by atoms with Crippen molar-refractivity contribution < 1.29 is 9.53 Å². The zero-order valence-electron chi connectivity index (χ0n) is 10.4. The van der Waals surface area contributed by atoms with Crippen molar-refractivity contribution in [2.75, 3.05) is 0 Å². The third-order valence-corrected chi connectivity index (χ3v) is 2.32. The number of carbonyl (C=O) groups excluding carboxylic acids is 1. The minimum atomic E-state index is -0.481. The summed E-state index contributed by atoms with van der Waals surface area (Å²) in [6.07, 6.45) is 0.150. The summed E-state index contributed by atoms with van der Waals surface area (Å²) in [5.41, 5.74) is 6.28. The maximum Gasteiger partial charge on any atom is 0.308 e. The number of nitrogens with two attached hydrogens (primary N) is 1. The van der Waals surface area contributed by atoms with E-state index in [4.69, 9.17) is 22.1 Å². The predicted octanol–water partition coefficient (Wildman–Crippen LogP) is 3.07. The van der Waals surface area contributed by atoms with E-state index in [1.54, 1.807) is 12.1 Å². The molecule has 2 N–H and O–H groups in total. The van der Waals surface area contributed by atoms with Crippen molar-refractivity contribution in [2.45, 2.75) is 38.8 Å². The Morgan fingerprint density at radius 3 is 2.65 bits per heavy atom. The normalized spacial score (nSPS) is 13.2. The molecular weight excluding hydrogens is 238 g/mol. The van der Waals surface area contributed by atoms with Gasteiger partial charge in [-0.3, -0.25) is 4.79 Å². The van der Waals surface area contributed by atoms with Crippen molar-refractivity contribution >= 4 is 17.6 Å². The number of rotatable bonds is 3. The zero-order chi connectivity index (χ0) is 13.1. The predicted molar refractivity (Wildman–Crippen MR) is 68.8 cm³/mol. The van der Waals surface area contributed by atoms with Gasteiger partial charge in [-0.1, -0.05) is 23.7 Å². The molecule has 0 heterocycles. The van der Waals surface area contributed by atoms with E-state index < -0.39 is 5.60 Å². The van der Waals surface area contributed by atoms with Crippen molar-refractivity contribution in [1.29, 1.82) is 0 Å². The van der Waals surface area contributed by atoms with Gasteiger partial charge in [-0.15, -0.1) is 0 Å². The second kappa shape index (κ2) is 5.52. The number of benzene rings is 1. The first kappa shape index (κ1) is 14.0. The number of halogens is 1. The lowest BCUT2D eigenvalue weighted by molar-refractivity contribution is -0.155. The van der Waals surface area contributed by atoms with Gasteiger partial charge in [0.25, 0.3) is 0 Å². The van der Waals surface area contributed by atoms with E-state index in [9.17, 15) is 4.79 Å². The van der Waals surface area contributed by atoms with Gasteiger partial charge in [0, 0.05) is 11.1 Å². The summed E-state index contributed by atoms with van der Waals surface area (Å²) in [5.74, 6) is -0.301. The smallest absolute Gasteiger partial charge is 0.308 e. The first-order valence-corrected chi connectivity index (χ1v) is 5.88. The minimum absolute atomic E-state index is 0.150. The highest BCUT2D eigenvalue weighted by molar-refractivity contribution is 6.30. The molecule has 0 amide bonds. The zero-order valence-corrected chi connectivity index (χ0v) is 11.1. The van der Waals surface area contributed by atoms with Crippen LogP contribution < -0.4 is 5.73 Å². The SMILES string of the molecule is CC(C)(C)OC(=O)C[C@@H](N)c1cccc(Cl)c1. The van der Waals surface area contributed by atoms with E-state index in [1.807, 2.05) is 32.9 Å². The summed E-state index contributed by atoms with van der Waals surface area (Å²) in [5, 5.41) is 0.613. The number of ether oxygens (including phenoxy) is 1. The van der Waals surface area contributed by atoms with Crippen LogP contribution in [0.2, 0.25) is 5.02 Å². The van der Waals surface area contributed by atoms with Crippen LogP contribution in [-0.2, 0) is 9.53 Å². The molecule has 17 heavy (non-hydrogen) atoms. The van der Waals surface area contributed by atoms with Gasteiger partial charge in [-0.05, 0) is 38.5 Å². The van der Waals surface area contributed by atoms with E-state index in [0.29, 0.717) is 5.02 Å². The fourth-order valence-corrected chi connectivity index (χ4v) is 1.62. The average molecular weight is 256 g/mol. The minimum Gasteiger partial charge on any atom is -0.460 e. The van der Waals surface area contributed by atoms with Gasteiger partial charge >= 0.3 is 5.97 Å². The first-order valence-electron chi connectivity index (χ1n) is 5.51. The third-order valence-electron chi connectivity index (χ3n) is 2.08. The molecule has 0 saturated carbocycles. The summed E-state index contributed by atoms with van der Waals surface area (Å²) >= 11 is 5.86. The molecule has 0 fully saturated rings. The van der Waals surface area contributed by atoms with Crippen molar-refractivity contribution in [1.82, 2.24) is 0 Å². The molecule has 0 aromatic heterocycles. The summed E-state index contributed by atoms with van der Waals surface area (Å²) in [6, 6.07) is 6.80. The molecule has 3 nitrogen and oxygen atoms in total. The lowest BCUT2D eigenvalue weighted by Gasteiger charge is -2.21. The lowest BCUT2D eigenvalue weighted by atomic mass is 10.0. The Morgan fingerprint density at radius 1 is 1.47 bits per heavy atom. The van der Waals surface area contributed by atoms with E-state index in [2.05, 4.69) is 0 Å². The highest BCUT2D eigenvalue weighted by atomic mass is 35.5. The Labute approximate surface area is 107 Å². The molecule has 0 bridgehead atoms. The molecule has 0 unspecified atom stereocenters. The Bertz CT molecular complexity index is 399. The van der Waals surface area contributed by atoms with Crippen LogP contribution in [-0.4, -0.2) is 11.6 Å². The molecule has 1 aromatic carbocycles. The Balaban J connectivity index is 2.61. The van der Waals surface area contributed by atoms with Crippen LogP contribution in [0.5, 0.6) is 0 Å². The summed E-state index contributed by atoms with van der Waals surface area (Å²) in [6.45, 7) is 5.49. The molecule has 1 atom stereocenters. The number of esters is 1. The summed E-state index contributed by atoms with van der Waals surface area (Å²) in [4.78, 5) is 11.6. The molecule has 0 radical (unpaired) electrons. The Kier molecular flexibility index (Phi) is 4.54. The number of hydrogen-bond donors (Lipinski definition) is 1. The molecule has 0 aliphatic carbocycles. The van der Waals surface area contributed by atoms with Gasteiger partial charge in [0.2, 0.25) is 0 Å². The fraction of sp³-hybridized carbons (Fsp3) is 0.462. The van der Waals surface area contributed by atoms with Crippen molar-refractivity contribution in [3.8, 4) is 0 Å². The molecule has 0 saturated heterocycles. The Morgan fingerprint density at radius 2 is 2.12 bits per heavy atom. The molecule has 1 aromatic rings. The molecule has 0 aliphatic heterocycles. The molecule has 94 valence electrons. The molecule has 1 rings (SSSR count). The van der Waals surface area contributed by atoms with Gasteiger partial charge in [-0.2, -0.15) is 0 Å². The molecule has 0 spiro atoms. The second-order valence-electron chi connectivity index (χ2n) is 4.95. The number of hydrogen-bond acceptors (Lipinski definition) is 3. The average Bonchev–Trinajstić information content (AvgIpc) is 2.14. The monoisotopic (exact) mass is 255 g/mol. The third kappa shape index (κ3) is 5.20. The van der Waals surface area contributed by atoms with Gasteiger partial charge in [0.1, 0.15) is 5.60 Å². The van der Waals surface area contributed by atoms with Gasteiger partial charge in [0.05, 0.1) is 6.42 Å². The quantitative estimate of drug-likeness (QED) is 0.845. The molecule has 4 heteroatoms. The van der Waals surface area contributed by atoms with Gasteiger partial charge in [-0.25, -0.2) is 0 Å². The van der Waals surface area contributed by atoms with Crippen LogP contribution in [0.1, 0.15) is 38.8 Å². The van der Waals surface area contributed by atoms with Gasteiger partial charge < -0.3 is 10.5 Å². The molecular formula is C13H18ClNO2. The Hall–Kier alpha value is -1.06. The maximum atomic E-state index is 11.6. The highest BCUT2D eigenvalue weighted by Crippen LogP contribution is 2.20. The van der Waals surface area contributed by atoms with E-state index in [1.165, 1.54) is 0 Å². The second-order valence-corrected chi connectivity index (χ2v) is 5.39. The van der Waals surface area contributed by atoms with Crippen molar-refractivity contribution in [3.63, 3.8) is 0 Å². The van der Waals surface area contributed by atoms with Crippen LogP contribution in [0.15, 0.2) is 24.3 Å². The van der Waals surface area contributed by atoms with Crippen LogP contribution in [0.3, 0.4) is 0 Å². The van der Waals surface area contributed by atoms with E-state index >= 15 is 0 Å². The topological polar surface area (TPSA) is 52.3 Å². The van der Waals surface area contributed by atoms with E-state index in [-0.39, 0.29) is 18.4 Å². The van der Waals surface area contributed by atoms with Crippen molar-refractivity contribution in [2.24, 2.45) is 5.73 Å². The largest absolute Gasteiger partial charge is 0.460 e. The highest BCUT2D eigenvalue weighted by Gasteiger charge is 2.19. The van der Waals surface area contributed by atoms with Crippen LogP contribution in [0, 0.1) is 0 Å². The van der Waals surface area contributed by atoms with Crippen LogP contribution >= 0.6 is 11.6 Å².